The van der Waals surface area contributed by atoms with Gasteiger partial charge in [0.25, 0.3) is 0 Å². The highest BCUT2D eigenvalue weighted by molar-refractivity contribution is 7.89. The van der Waals surface area contributed by atoms with E-state index in [4.69, 9.17) is 14.9 Å². The SMILES string of the molecule is O=C(O)C(CO)NS(=O)(=O)c1ccc2c(c1)CCO2. The topological polar surface area (TPSA) is 113 Å². The number of fused-ring (bicyclic) bond motifs is 1. The van der Waals surface area contributed by atoms with Crippen LogP contribution in [-0.4, -0.2) is 43.9 Å². The van der Waals surface area contributed by atoms with Gasteiger partial charge >= 0.3 is 5.97 Å². The summed E-state index contributed by atoms with van der Waals surface area (Å²) in [6.07, 6.45) is 0.612. The Hall–Kier alpha value is -1.64. The number of hydrogen-bond donors (Lipinski definition) is 3. The Morgan fingerprint density at radius 3 is 2.84 bits per heavy atom. The lowest BCUT2D eigenvalue weighted by Crippen LogP contribution is -2.43. The van der Waals surface area contributed by atoms with Crippen molar-refractivity contribution in [3.63, 3.8) is 0 Å². The third-order valence-corrected chi connectivity index (χ3v) is 4.22. The lowest BCUT2D eigenvalue weighted by atomic mass is 10.2. The maximum Gasteiger partial charge on any atom is 0.324 e. The van der Waals surface area contributed by atoms with E-state index in [0.717, 1.165) is 5.56 Å². The first-order chi connectivity index (χ1) is 8.94. The molecule has 19 heavy (non-hydrogen) atoms. The van der Waals surface area contributed by atoms with Gasteiger partial charge in [-0.2, -0.15) is 4.72 Å². The Balaban J connectivity index is 2.27. The molecule has 0 fully saturated rings. The van der Waals surface area contributed by atoms with Crippen LogP contribution in [0.2, 0.25) is 0 Å². The minimum Gasteiger partial charge on any atom is -0.493 e. The largest absolute Gasteiger partial charge is 0.493 e. The summed E-state index contributed by atoms with van der Waals surface area (Å²) in [5, 5.41) is 17.6. The van der Waals surface area contributed by atoms with Gasteiger partial charge in [0.05, 0.1) is 18.1 Å². The second-order valence-corrected chi connectivity index (χ2v) is 5.78. The molecule has 3 N–H and O–H groups in total. The number of hydrogen-bond acceptors (Lipinski definition) is 5. The van der Waals surface area contributed by atoms with Crippen molar-refractivity contribution in [2.24, 2.45) is 0 Å². The fourth-order valence-corrected chi connectivity index (χ4v) is 2.98. The van der Waals surface area contributed by atoms with Crippen molar-refractivity contribution in [2.45, 2.75) is 17.4 Å². The van der Waals surface area contributed by atoms with Crippen LogP contribution in [0.4, 0.5) is 0 Å². The van der Waals surface area contributed by atoms with E-state index in [0.29, 0.717) is 18.8 Å². The number of sulfonamides is 1. The van der Waals surface area contributed by atoms with Gasteiger partial charge in [-0.15, -0.1) is 0 Å². The smallest absolute Gasteiger partial charge is 0.324 e. The highest BCUT2D eigenvalue weighted by atomic mass is 32.2. The minimum atomic E-state index is -3.98. The quantitative estimate of drug-likeness (QED) is 0.663. The van der Waals surface area contributed by atoms with Gasteiger partial charge in [-0.3, -0.25) is 4.79 Å². The lowest BCUT2D eigenvalue weighted by Gasteiger charge is -2.12. The molecule has 0 aromatic heterocycles. The molecule has 0 aliphatic carbocycles. The van der Waals surface area contributed by atoms with Gasteiger partial charge < -0.3 is 14.9 Å². The first-order valence-electron chi connectivity index (χ1n) is 5.56. The molecule has 0 radical (unpaired) electrons. The van der Waals surface area contributed by atoms with Crippen LogP contribution >= 0.6 is 0 Å². The van der Waals surface area contributed by atoms with Crippen LogP contribution in [-0.2, 0) is 21.2 Å². The Kier molecular flexibility index (Phi) is 3.74. The molecular formula is C11H13NO6S. The van der Waals surface area contributed by atoms with E-state index >= 15 is 0 Å². The van der Waals surface area contributed by atoms with Crippen LogP contribution in [0.15, 0.2) is 23.1 Å². The highest BCUT2D eigenvalue weighted by Crippen LogP contribution is 2.27. The fourth-order valence-electron chi connectivity index (χ4n) is 1.75. The normalized spacial score (nSPS) is 15.6. The molecule has 7 nitrogen and oxygen atoms in total. The van der Waals surface area contributed by atoms with Crippen LogP contribution in [0.1, 0.15) is 5.56 Å². The van der Waals surface area contributed by atoms with Crippen molar-refractivity contribution in [1.82, 2.24) is 4.72 Å². The number of ether oxygens (including phenoxy) is 1. The van der Waals surface area contributed by atoms with Crippen LogP contribution < -0.4 is 9.46 Å². The summed E-state index contributed by atoms with van der Waals surface area (Å²) in [5.74, 6) is -0.800. The van der Waals surface area contributed by atoms with Crippen molar-refractivity contribution in [3.05, 3.63) is 23.8 Å². The van der Waals surface area contributed by atoms with E-state index in [-0.39, 0.29) is 4.90 Å². The lowest BCUT2D eigenvalue weighted by molar-refractivity contribution is -0.139. The Labute approximate surface area is 109 Å². The number of rotatable bonds is 5. The third-order valence-electron chi connectivity index (χ3n) is 2.75. The number of aliphatic hydroxyl groups excluding tert-OH is 1. The van der Waals surface area contributed by atoms with Gasteiger partial charge in [-0.1, -0.05) is 0 Å². The van der Waals surface area contributed by atoms with Crippen molar-refractivity contribution in [1.29, 1.82) is 0 Å². The Bertz CT molecular complexity index is 597. The summed E-state index contributed by atoms with van der Waals surface area (Å²) in [5.41, 5.74) is 0.763. The van der Waals surface area contributed by atoms with Crippen molar-refractivity contribution in [3.8, 4) is 5.75 Å². The zero-order valence-electron chi connectivity index (χ0n) is 9.87. The molecule has 104 valence electrons. The second-order valence-electron chi connectivity index (χ2n) is 4.06. The summed E-state index contributed by atoms with van der Waals surface area (Å²) in [6.45, 7) is -0.316. The molecule has 1 aliphatic heterocycles. The molecule has 0 saturated heterocycles. The summed E-state index contributed by atoms with van der Waals surface area (Å²) < 4.78 is 31.1. The van der Waals surface area contributed by atoms with E-state index in [1.807, 2.05) is 4.72 Å². The predicted octanol–water partition coefficient (Wildman–Crippen LogP) is -0.655. The number of carbonyl (C=O) groups is 1. The van der Waals surface area contributed by atoms with E-state index < -0.39 is 28.6 Å². The first-order valence-corrected chi connectivity index (χ1v) is 7.04. The molecule has 0 spiro atoms. The number of aliphatic carboxylic acids is 1. The molecule has 2 rings (SSSR count). The first kappa shape index (κ1) is 13.8. The van der Waals surface area contributed by atoms with E-state index in [1.54, 1.807) is 0 Å². The van der Waals surface area contributed by atoms with Gasteiger partial charge in [-0.05, 0) is 23.8 Å². The average molecular weight is 287 g/mol. The summed E-state index contributed by atoms with van der Waals surface area (Å²) in [7, 11) is -3.98. The van der Waals surface area contributed by atoms with Gasteiger partial charge in [0, 0.05) is 6.42 Å². The molecule has 0 amide bonds. The van der Waals surface area contributed by atoms with Gasteiger partial charge in [0.15, 0.2) is 0 Å². The van der Waals surface area contributed by atoms with Crippen LogP contribution in [0, 0.1) is 0 Å². The summed E-state index contributed by atoms with van der Waals surface area (Å²) in [4.78, 5) is 10.7. The molecule has 1 heterocycles. The second kappa shape index (κ2) is 5.16. The number of carboxylic acid groups (broad SMARTS) is 1. The van der Waals surface area contributed by atoms with Gasteiger partial charge in [-0.25, -0.2) is 8.42 Å². The molecule has 1 aromatic carbocycles. The average Bonchev–Trinajstić information content (AvgIpc) is 2.82. The van der Waals surface area contributed by atoms with Gasteiger partial charge in [0.2, 0.25) is 10.0 Å². The highest BCUT2D eigenvalue weighted by Gasteiger charge is 2.26. The third kappa shape index (κ3) is 2.86. The summed E-state index contributed by atoms with van der Waals surface area (Å²) >= 11 is 0. The maximum atomic E-state index is 12.0. The van der Waals surface area contributed by atoms with Crippen LogP contribution in [0.25, 0.3) is 0 Å². The van der Waals surface area contributed by atoms with E-state index in [2.05, 4.69) is 0 Å². The Morgan fingerprint density at radius 1 is 1.47 bits per heavy atom. The standard InChI is InChI=1S/C11H13NO6S/c13-6-9(11(14)15)12-19(16,17)8-1-2-10-7(5-8)3-4-18-10/h1-2,5,9,12-13H,3-4,6H2,(H,14,15). The molecule has 0 bridgehead atoms. The zero-order valence-corrected chi connectivity index (χ0v) is 10.7. The molecule has 1 atom stereocenters. The van der Waals surface area contributed by atoms with Crippen LogP contribution in [0.3, 0.4) is 0 Å². The molecule has 0 saturated carbocycles. The molecule has 1 unspecified atom stereocenters. The number of aliphatic hydroxyl groups is 1. The minimum absolute atomic E-state index is 0.0450. The van der Waals surface area contributed by atoms with Crippen LogP contribution in [0.5, 0.6) is 5.75 Å². The monoisotopic (exact) mass is 287 g/mol. The van der Waals surface area contributed by atoms with E-state index in [1.165, 1.54) is 18.2 Å². The number of nitrogens with one attached hydrogen (secondary N) is 1. The predicted molar refractivity (Wildman–Crippen MR) is 64.5 cm³/mol. The van der Waals surface area contributed by atoms with Gasteiger partial charge in [0.1, 0.15) is 11.8 Å². The molecule has 1 aliphatic rings. The zero-order chi connectivity index (χ0) is 14.0. The molecular weight excluding hydrogens is 274 g/mol. The Morgan fingerprint density at radius 2 is 2.21 bits per heavy atom. The van der Waals surface area contributed by atoms with Crippen molar-refractivity contribution in [2.75, 3.05) is 13.2 Å². The number of benzene rings is 1. The fraction of sp³-hybridized carbons (Fsp3) is 0.364. The summed E-state index contributed by atoms with van der Waals surface area (Å²) in [6, 6.07) is 2.75. The molecule has 8 heteroatoms. The van der Waals surface area contributed by atoms with E-state index in [9.17, 15) is 13.2 Å². The maximum absolute atomic E-state index is 12.0. The molecule has 1 aromatic rings. The van der Waals surface area contributed by atoms with Crippen molar-refractivity contribution >= 4 is 16.0 Å². The van der Waals surface area contributed by atoms with Crippen molar-refractivity contribution < 1.29 is 28.2 Å². The number of carboxylic acids is 1.